The second-order valence-electron chi connectivity index (χ2n) is 5.37. The van der Waals surface area contributed by atoms with Gasteiger partial charge < -0.3 is 15.6 Å². The number of benzene rings is 1. The molecule has 0 saturated heterocycles. The molecule has 2 heterocycles. The number of hydrogen-bond acceptors (Lipinski definition) is 6. The van der Waals surface area contributed by atoms with E-state index in [0.29, 0.717) is 28.0 Å². The summed E-state index contributed by atoms with van der Waals surface area (Å²) < 4.78 is 20.0. The molecule has 3 N–H and O–H groups in total. The van der Waals surface area contributed by atoms with Crippen LogP contribution in [0.25, 0.3) is 11.4 Å². The molecular weight excluding hydrogens is 345 g/mol. The van der Waals surface area contributed by atoms with E-state index in [2.05, 4.69) is 15.5 Å². The van der Waals surface area contributed by atoms with E-state index in [1.54, 1.807) is 38.3 Å². The van der Waals surface area contributed by atoms with Gasteiger partial charge in [-0.2, -0.15) is 0 Å². The molecule has 2 aromatic heterocycles. The highest BCUT2D eigenvalue weighted by Gasteiger charge is 2.16. The van der Waals surface area contributed by atoms with Gasteiger partial charge >= 0.3 is 0 Å². The van der Waals surface area contributed by atoms with Crippen molar-refractivity contribution < 1.29 is 13.6 Å². The predicted octanol–water partition coefficient (Wildman–Crippen LogP) is 2.74. The molecule has 3 aromatic rings. The van der Waals surface area contributed by atoms with Gasteiger partial charge in [-0.3, -0.25) is 4.79 Å². The van der Waals surface area contributed by atoms with Gasteiger partial charge in [0.1, 0.15) is 11.6 Å². The van der Waals surface area contributed by atoms with Crippen molar-refractivity contribution in [3.63, 3.8) is 0 Å². The van der Waals surface area contributed by atoms with Crippen LogP contribution >= 0.6 is 11.8 Å². The van der Waals surface area contributed by atoms with E-state index in [1.807, 2.05) is 0 Å². The fourth-order valence-electron chi connectivity index (χ4n) is 2.17. The number of anilines is 1. The quantitative estimate of drug-likeness (QED) is 0.535. The third-order valence-corrected chi connectivity index (χ3v) is 4.50. The standard InChI is InChI=1S/C16H16FN5O2S/c1-9-3-4-11(7-13(9)17)19-14(23)8-25-16-21-20-15(22(16)18)12-5-6-24-10(12)2/h3-7H,8,18H2,1-2H3,(H,19,23). The average molecular weight is 361 g/mol. The minimum Gasteiger partial charge on any atom is -0.469 e. The van der Waals surface area contributed by atoms with Crippen molar-refractivity contribution >= 4 is 23.4 Å². The zero-order valence-electron chi connectivity index (χ0n) is 13.6. The third-order valence-electron chi connectivity index (χ3n) is 3.55. The highest BCUT2D eigenvalue weighted by atomic mass is 32.2. The molecule has 0 aliphatic heterocycles. The normalized spacial score (nSPS) is 10.8. The Kier molecular flexibility index (Phi) is 4.75. The monoisotopic (exact) mass is 361 g/mol. The fourth-order valence-corrected chi connectivity index (χ4v) is 2.83. The lowest BCUT2D eigenvalue weighted by Gasteiger charge is -2.06. The van der Waals surface area contributed by atoms with E-state index in [4.69, 9.17) is 10.3 Å². The van der Waals surface area contributed by atoms with Crippen LogP contribution in [-0.4, -0.2) is 26.5 Å². The van der Waals surface area contributed by atoms with Gasteiger partial charge in [0.15, 0.2) is 5.82 Å². The van der Waals surface area contributed by atoms with E-state index >= 15 is 0 Å². The lowest BCUT2D eigenvalue weighted by Crippen LogP contribution is -2.16. The summed E-state index contributed by atoms with van der Waals surface area (Å²) in [4.78, 5) is 12.0. The summed E-state index contributed by atoms with van der Waals surface area (Å²) in [5.74, 6) is 6.52. The van der Waals surface area contributed by atoms with Crippen LogP contribution in [0.1, 0.15) is 11.3 Å². The first kappa shape index (κ1) is 17.0. The smallest absolute Gasteiger partial charge is 0.234 e. The van der Waals surface area contributed by atoms with Crippen molar-refractivity contribution in [1.29, 1.82) is 0 Å². The van der Waals surface area contributed by atoms with Gasteiger partial charge in [-0.25, -0.2) is 9.07 Å². The Hall–Kier alpha value is -2.81. The van der Waals surface area contributed by atoms with Gasteiger partial charge in [-0.05, 0) is 37.6 Å². The van der Waals surface area contributed by atoms with E-state index in [0.717, 1.165) is 17.3 Å². The number of nitrogen functional groups attached to an aromatic ring is 1. The zero-order chi connectivity index (χ0) is 18.0. The Balaban J connectivity index is 1.64. The molecule has 1 amide bonds. The van der Waals surface area contributed by atoms with Crippen LogP contribution in [0.15, 0.2) is 40.1 Å². The molecule has 7 nitrogen and oxygen atoms in total. The van der Waals surface area contributed by atoms with Crippen molar-refractivity contribution in [1.82, 2.24) is 14.9 Å². The van der Waals surface area contributed by atoms with Crippen LogP contribution in [-0.2, 0) is 4.79 Å². The number of carbonyl (C=O) groups is 1. The Morgan fingerprint density at radius 3 is 2.84 bits per heavy atom. The molecule has 0 fully saturated rings. The fraction of sp³-hybridized carbons (Fsp3) is 0.188. The summed E-state index contributed by atoms with van der Waals surface area (Å²) in [6.45, 7) is 3.45. The van der Waals surface area contributed by atoms with Gasteiger partial charge in [0.2, 0.25) is 11.1 Å². The second kappa shape index (κ2) is 6.98. The van der Waals surface area contributed by atoms with E-state index in [9.17, 15) is 9.18 Å². The molecule has 0 saturated carbocycles. The molecule has 0 aliphatic rings. The molecule has 0 unspecified atom stereocenters. The number of aryl methyl sites for hydroxylation is 2. The molecule has 0 atom stereocenters. The first-order valence-corrected chi connectivity index (χ1v) is 8.38. The van der Waals surface area contributed by atoms with Crippen molar-refractivity contribution in [3.8, 4) is 11.4 Å². The van der Waals surface area contributed by atoms with Crippen molar-refractivity contribution in [3.05, 3.63) is 47.7 Å². The minimum atomic E-state index is -0.368. The number of carbonyl (C=O) groups excluding carboxylic acids is 1. The van der Waals surface area contributed by atoms with E-state index in [1.165, 1.54) is 10.7 Å². The van der Waals surface area contributed by atoms with Gasteiger partial charge in [0.25, 0.3) is 0 Å². The SMILES string of the molecule is Cc1ccc(NC(=O)CSc2nnc(-c3ccoc3C)n2N)cc1F. The van der Waals surface area contributed by atoms with Gasteiger partial charge in [0, 0.05) is 5.69 Å². The first-order valence-electron chi connectivity index (χ1n) is 7.39. The number of nitrogens with zero attached hydrogens (tertiary/aromatic N) is 3. The number of nitrogens with two attached hydrogens (primary N) is 1. The van der Waals surface area contributed by atoms with Crippen LogP contribution < -0.4 is 11.2 Å². The predicted molar refractivity (Wildman–Crippen MR) is 93.1 cm³/mol. The second-order valence-corrected chi connectivity index (χ2v) is 6.31. The number of nitrogens with one attached hydrogen (secondary N) is 1. The van der Waals surface area contributed by atoms with Crippen LogP contribution in [0.5, 0.6) is 0 Å². The summed E-state index contributed by atoms with van der Waals surface area (Å²) in [5, 5.41) is 11.0. The summed E-state index contributed by atoms with van der Waals surface area (Å²) in [6.07, 6.45) is 1.54. The van der Waals surface area contributed by atoms with Gasteiger partial charge in [-0.15, -0.1) is 10.2 Å². The Morgan fingerprint density at radius 2 is 2.16 bits per heavy atom. The van der Waals surface area contributed by atoms with Crippen molar-refractivity contribution in [2.75, 3.05) is 16.9 Å². The Labute approximate surface area is 147 Å². The van der Waals surface area contributed by atoms with E-state index in [-0.39, 0.29) is 17.5 Å². The Morgan fingerprint density at radius 1 is 1.36 bits per heavy atom. The molecular formula is C16H16FN5O2S. The molecule has 0 bridgehead atoms. The molecule has 0 spiro atoms. The lowest BCUT2D eigenvalue weighted by molar-refractivity contribution is -0.113. The van der Waals surface area contributed by atoms with Gasteiger partial charge in [0.05, 0.1) is 17.6 Å². The van der Waals surface area contributed by atoms with E-state index < -0.39 is 0 Å². The summed E-state index contributed by atoms with van der Waals surface area (Å²) >= 11 is 1.13. The summed E-state index contributed by atoms with van der Waals surface area (Å²) in [7, 11) is 0. The molecule has 3 rings (SSSR count). The molecule has 25 heavy (non-hydrogen) atoms. The molecule has 130 valence electrons. The molecule has 0 radical (unpaired) electrons. The highest BCUT2D eigenvalue weighted by molar-refractivity contribution is 7.99. The molecule has 9 heteroatoms. The maximum absolute atomic E-state index is 13.5. The highest BCUT2D eigenvalue weighted by Crippen LogP contribution is 2.25. The average Bonchev–Trinajstić information content (AvgIpc) is 3.14. The summed E-state index contributed by atoms with van der Waals surface area (Å²) in [6, 6.07) is 6.28. The molecule has 1 aromatic carbocycles. The number of aromatic nitrogens is 3. The number of rotatable bonds is 5. The lowest BCUT2D eigenvalue weighted by atomic mass is 10.2. The van der Waals surface area contributed by atoms with Crippen LogP contribution in [0.2, 0.25) is 0 Å². The maximum Gasteiger partial charge on any atom is 0.234 e. The minimum absolute atomic E-state index is 0.0647. The number of furan rings is 1. The molecule has 0 aliphatic carbocycles. The number of thioether (sulfide) groups is 1. The van der Waals surface area contributed by atoms with Crippen molar-refractivity contribution in [2.45, 2.75) is 19.0 Å². The largest absolute Gasteiger partial charge is 0.469 e. The van der Waals surface area contributed by atoms with Crippen LogP contribution in [0, 0.1) is 19.7 Å². The number of hydrogen-bond donors (Lipinski definition) is 2. The zero-order valence-corrected chi connectivity index (χ0v) is 14.4. The number of amides is 1. The Bertz CT molecular complexity index is 921. The van der Waals surface area contributed by atoms with Crippen molar-refractivity contribution in [2.24, 2.45) is 0 Å². The van der Waals surface area contributed by atoms with Gasteiger partial charge in [-0.1, -0.05) is 17.8 Å². The third kappa shape index (κ3) is 3.66. The topological polar surface area (TPSA) is 99.0 Å². The maximum atomic E-state index is 13.5. The van der Waals surface area contributed by atoms with Crippen LogP contribution in [0.4, 0.5) is 10.1 Å². The summed E-state index contributed by atoms with van der Waals surface area (Å²) in [5.41, 5.74) is 1.66. The first-order chi connectivity index (χ1) is 12.0. The number of halogens is 1. The van der Waals surface area contributed by atoms with Crippen LogP contribution in [0.3, 0.4) is 0 Å².